The Balaban J connectivity index is 0.00000218. The summed E-state index contributed by atoms with van der Waals surface area (Å²) in [6.07, 6.45) is 5.40. The molecule has 3 fully saturated rings. The molecule has 2 aliphatic heterocycles. The molecule has 0 spiro atoms. The number of benzene rings is 1. The van der Waals surface area contributed by atoms with Gasteiger partial charge >= 0.3 is 5.97 Å². The molecule has 0 bridgehead atoms. The lowest BCUT2D eigenvalue weighted by Crippen LogP contribution is -2.40. The summed E-state index contributed by atoms with van der Waals surface area (Å²) in [7, 11) is 1.48. The van der Waals surface area contributed by atoms with Crippen molar-refractivity contribution in [2.24, 2.45) is 5.92 Å². The number of nitrogens with zero attached hydrogens (tertiary/aromatic N) is 2. The number of rotatable bonds is 4. The molecule has 30 heavy (non-hydrogen) atoms. The number of aromatic nitrogens is 1. The van der Waals surface area contributed by atoms with E-state index >= 15 is 4.39 Å². The van der Waals surface area contributed by atoms with E-state index in [9.17, 15) is 14.7 Å². The lowest BCUT2D eigenvalue weighted by Gasteiger charge is -2.25. The van der Waals surface area contributed by atoms with E-state index in [-0.39, 0.29) is 29.4 Å². The Labute approximate surface area is 179 Å². The van der Waals surface area contributed by atoms with E-state index in [2.05, 4.69) is 5.32 Å². The molecule has 162 valence electrons. The molecule has 0 radical (unpaired) electrons. The highest BCUT2D eigenvalue weighted by atomic mass is 35.5. The zero-order chi connectivity index (χ0) is 20.3. The molecule has 1 aromatic carbocycles. The number of pyridine rings is 1. The number of halogens is 2. The van der Waals surface area contributed by atoms with Gasteiger partial charge in [0.25, 0.3) is 0 Å². The van der Waals surface area contributed by atoms with Gasteiger partial charge in [0.2, 0.25) is 5.43 Å². The first-order valence-electron chi connectivity index (χ1n) is 10.2. The number of piperidine rings is 1. The summed E-state index contributed by atoms with van der Waals surface area (Å²) in [5.74, 6) is -1.07. The molecule has 1 saturated carbocycles. The molecule has 2 atom stereocenters. The Morgan fingerprint density at radius 3 is 2.70 bits per heavy atom. The molecule has 2 N–H and O–H groups in total. The smallest absolute Gasteiger partial charge is 0.341 e. The van der Waals surface area contributed by atoms with Crippen LogP contribution in [0.3, 0.4) is 0 Å². The maximum absolute atomic E-state index is 15.3. The van der Waals surface area contributed by atoms with Crippen LogP contribution in [0, 0.1) is 11.7 Å². The SMILES string of the molecule is COc1c(N2C[C@@H]3CCCN[C@H]3C2)c(F)cc2c(=O)c(C(=O)O)cn(C3CC3)c12.Cl. The van der Waals surface area contributed by atoms with Crippen LogP contribution in [-0.2, 0) is 0 Å². The predicted molar refractivity (Wildman–Crippen MR) is 114 cm³/mol. The van der Waals surface area contributed by atoms with Crippen LogP contribution in [0.1, 0.15) is 42.1 Å². The first-order valence-corrected chi connectivity index (χ1v) is 10.2. The Kier molecular flexibility index (Phi) is 5.40. The quantitative estimate of drug-likeness (QED) is 0.765. The standard InChI is InChI=1S/C21H24FN3O4.ClH/c1-29-20-17-13(19(26)14(21(27)28)9-25(17)12-4-5-12)7-15(22)18(20)24-8-11-3-2-6-23-16(11)10-24;/h7,9,11-12,16,23H,2-6,8,10H2,1H3,(H,27,28);1H/t11-,16-;/m0./s1. The maximum atomic E-state index is 15.3. The Morgan fingerprint density at radius 1 is 1.30 bits per heavy atom. The van der Waals surface area contributed by atoms with Gasteiger partial charge in [-0.2, -0.15) is 0 Å². The van der Waals surface area contributed by atoms with Gasteiger partial charge in [0.1, 0.15) is 11.3 Å². The van der Waals surface area contributed by atoms with Gasteiger partial charge in [-0.15, -0.1) is 12.4 Å². The topological polar surface area (TPSA) is 83.8 Å². The van der Waals surface area contributed by atoms with E-state index in [4.69, 9.17) is 4.74 Å². The molecular formula is C21H25ClFN3O4. The van der Waals surface area contributed by atoms with Gasteiger partial charge in [-0.1, -0.05) is 0 Å². The van der Waals surface area contributed by atoms with Crippen LogP contribution in [0.25, 0.3) is 10.9 Å². The van der Waals surface area contributed by atoms with Gasteiger partial charge in [-0.3, -0.25) is 4.79 Å². The van der Waals surface area contributed by atoms with Crippen molar-refractivity contribution in [3.05, 3.63) is 33.9 Å². The largest absolute Gasteiger partial charge is 0.492 e. The second-order valence-electron chi connectivity index (χ2n) is 8.32. The van der Waals surface area contributed by atoms with E-state index < -0.39 is 17.2 Å². The van der Waals surface area contributed by atoms with Gasteiger partial charge in [0.15, 0.2) is 11.6 Å². The average Bonchev–Trinajstić information content (AvgIpc) is 3.45. The first-order chi connectivity index (χ1) is 14.0. The van der Waals surface area contributed by atoms with Gasteiger partial charge in [-0.05, 0) is 44.2 Å². The number of hydrogen-bond acceptors (Lipinski definition) is 5. The minimum atomic E-state index is -1.30. The molecule has 5 rings (SSSR count). The molecule has 2 saturated heterocycles. The zero-order valence-corrected chi connectivity index (χ0v) is 17.5. The van der Waals surface area contributed by atoms with Crippen molar-refractivity contribution in [2.45, 2.75) is 37.8 Å². The fourth-order valence-corrected chi connectivity index (χ4v) is 4.95. The lowest BCUT2D eigenvalue weighted by molar-refractivity contribution is 0.0695. The molecule has 0 amide bonds. The fourth-order valence-electron chi connectivity index (χ4n) is 4.95. The third-order valence-corrected chi connectivity index (χ3v) is 6.49. The number of aromatic carboxylic acids is 1. The average molecular weight is 438 g/mol. The molecule has 3 heterocycles. The van der Waals surface area contributed by atoms with Crippen LogP contribution in [-0.4, -0.2) is 48.4 Å². The Hall–Kier alpha value is -2.32. The monoisotopic (exact) mass is 437 g/mol. The van der Waals surface area contributed by atoms with Crippen LogP contribution in [0.4, 0.5) is 10.1 Å². The number of fused-ring (bicyclic) bond motifs is 2. The molecule has 7 nitrogen and oxygen atoms in total. The van der Waals surface area contributed by atoms with E-state index in [0.29, 0.717) is 35.5 Å². The van der Waals surface area contributed by atoms with Crippen molar-refractivity contribution in [3.8, 4) is 5.75 Å². The number of methoxy groups -OCH3 is 1. The number of anilines is 1. The van der Waals surface area contributed by atoms with Gasteiger partial charge < -0.3 is 24.6 Å². The fraction of sp³-hybridized carbons (Fsp3) is 0.524. The summed E-state index contributed by atoms with van der Waals surface area (Å²) in [6, 6.07) is 1.62. The minimum absolute atomic E-state index is 0. The molecule has 2 aromatic rings. The number of carbonyl (C=O) groups is 1. The number of ether oxygens (including phenoxy) is 1. The normalized spacial score (nSPS) is 23.2. The van der Waals surface area contributed by atoms with Crippen LogP contribution in [0.15, 0.2) is 17.1 Å². The highest BCUT2D eigenvalue weighted by Gasteiger charge is 2.38. The van der Waals surface area contributed by atoms with Crippen molar-refractivity contribution in [2.75, 3.05) is 31.6 Å². The van der Waals surface area contributed by atoms with Crippen LogP contribution < -0.4 is 20.4 Å². The summed E-state index contributed by atoms with van der Waals surface area (Å²) in [6.45, 7) is 2.40. The van der Waals surface area contributed by atoms with Crippen LogP contribution >= 0.6 is 12.4 Å². The van der Waals surface area contributed by atoms with E-state index in [1.54, 1.807) is 4.57 Å². The van der Waals surface area contributed by atoms with E-state index in [1.165, 1.54) is 19.4 Å². The molecule has 3 aliphatic rings. The lowest BCUT2D eigenvalue weighted by atomic mass is 9.94. The van der Waals surface area contributed by atoms with E-state index in [1.807, 2.05) is 4.90 Å². The summed E-state index contributed by atoms with van der Waals surface area (Å²) in [5.41, 5.74) is -0.155. The summed E-state index contributed by atoms with van der Waals surface area (Å²) >= 11 is 0. The maximum Gasteiger partial charge on any atom is 0.341 e. The van der Waals surface area contributed by atoms with Gasteiger partial charge in [-0.25, -0.2) is 9.18 Å². The number of nitrogens with one attached hydrogen (secondary N) is 1. The highest BCUT2D eigenvalue weighted by molar-refractivity contribution is 5.97. The van der Waals surface area contributed by atoms with Crippen LogP contribution in [0.2, 0.25) is 0 Å². The summed E-state index contributed by atoms with van der Waals surface area (Å²) < 4.78 is 22.8. The van der Waals surface area contributed by atoms with Gasteiger partial charge in [0, 0.05) is 31.4 Å². The second-order valence-corrected chi connectivity index (χ2v) is 8.32. The molecule has 9 heteroatoms. The Morgan fingerprint density at radius 2 is 2.07 bits per heavy atom. The second kappa shape index (κ2) is 7.74. The van der Waals surface area contributed by atoms with Crippen molar-refractivity contribution in [1.82, 2.24) is 9.88 Å². The van der Waals surface area contributed by atoms with Crippen LogP contribution in [0.5, 0.6) is 5.75 Å². The predicted octanol–water partition coefficient (Wildman–Crippen LogP) is 2.79. The minimum Gasteiger partial charge on any atom is -0.492 e. The first kappa shape index (κ1) is 20.9. The molecule has 1 aliphatic carbocycles. The zero-order valence-electron chi connectivity index (χ0n) is 16.7. The van der Waals surface area contributed by atoms with Crippen molar-refractivity contribution >= 4 is 35.0 Å². The van der Waals surface area contributed by atoms with Crippen molar-refractivity contribution in [3.63, 3.8) is 0 Å². The number of carboxylic acid groups (broad SMARTS) is 1. The van der Waals surface area contributed by atoms with E-state index in [0.717, 1.165) is 38.8 Å². The van der Waals surface area contributed by atoms with Crippen molar-refractivity contribution in [1.29, 1.82) is 0 Å². The molecule has 1 aromatic heterocycles. The molecule has 0 unspecified atom stereocenters. The number of carboxylic acids is 1. The number of hydrogen-bond donors (Lipinski definition) is 2. The third-order valence-electron chi connectivity index (χ3n) is 6.49. The van der Waals surface area contributed by atoms with Crippen molar-refractivity contribution < 1.29 is 19.0 Å². The summed E-state index contributed by atoms with van der Waals surface area (Å²) in [5, 5.41) is 13.0. The Bertz CT molecular complexity index is 1050. The third kappa shape index (κ3) is 3.22. The summed E-state index contributed by atoms with van der Waals surface area (Å²) in [4.78, 5) is 26.4. The van der Waals surface area contributed by atoms with Gasteiger partial charge in [0.05, 0.1) is 18.0 Å². The molecular weight excluding hydrogens is 413 g/mol. The highest BCUT2D eigenvalue weighted by Crippen LogP contribution is 2.45.